The molecule has 0 aliphatic rings. The molecule has 0 radical (unpaired) electrons. The van der Waals surface area contributed by atoms with Crippen molar-refractivity contribution in [3.8, 4) is 5.75 Å². The van der Waals surface area contributed by atoms with Gasteiger partial charge in [-0.25, -0.2) is 0 Å². The molecule has 30 heavy (non-hydrogen) atoms. The number of quaternary nitrogens is 1. The number of nitrogens with zero attached hydrogens (tertiary/aromatic N) is 1. The third kappa shape index (κ3) is 6.25. The van der Waals surface area contributed by atoms with E-state index in [-0.39, 0.29) is 18.1 Å². The molecule has 2 aromatic rings. The smallest absolute Gasteiger partial charge is 0.269 e. The van der Waals surface area contributed by atoms with E-state index in [4.69, 9.17) is 4.74 Å². The Bertz CT molecular complexity index is 664. The number of unbranched alkanes of at least 4 members (excludes halogenated alkanes) is 5. The van der Waals surface area contributed by atoms with Crippen LogP contribution in [0.2, 0.25) is 0 Å². The molecule has 3 heteroatoms. The van der Waals surface area contributed by atoms with E-state index in [1.54, 1.807) is 0 Å². The molecule has 0 spiro atoms. The zero-order valence-corrected chi connectivity index (χ0v) is 20.3. The number of para-hydroxylation sites is 1. The molecule has 1 atom stereocenters. The number of hydrogen-bond acceptors (Lipinski definition) is 1. The van der Waals surface area contributed by atoms with Crippen LogP contribution < -0.4 is 17.1 Å². The molecule has 0 saturated heterocycles. The van der Waals surface area contributed by atoms with Crippen molar-refractivity contribution >= 4 is 0 Å². The summed E-state index contributed by atoms with van der Waals surface area (Å²) in [5.74, 6) is 0.972. The van der Waals surface area contributed by atoms with Crippen LogP contribution in [0.1, 0.15) is 78.2 Å². The summed E-state index contributed by atoms with van der Waals surface area (Å²) < 4.78 is 7.97. The van der Waals surface area contributed by atoms with Crippen molar-refractivity contribution in [1.82, 2.24) is 0 Å². The molecule has 0 amide bonds. The van der Waals surface area contributed by atoms with Crippen molar-refractivity contribution < 1.29 is 21.6 Å². The number of halogens is 1. The summed E-state index contributed by atoms with van der Waals surface area (Å²) in [5, 5.41) is 0. The second kappa shape index (κ2) is 13.7. The van der Waals surface area contributed by atoms with E-state index < -0.39 is 0 Å². The second-order valence-corrected chi connectivity index (χ2v) is 8.18. The van der Waals surface area contributed by atoms with Gasteiger partial charge in [-0.1, -0.05) is 75.4 Å². The van der Waals surface area contributed by atoms with E-state index in [2.05, 4.69) is 88.4 Å². The number of rotatable bonds is 14. The maximum atomic E-state index is 7.03. The van der Waals surface area contributed by atoms with Gasteiger partial charge in [-0.3, -0.25) is 4.48 Å². The highest BCUT2D eigenvalue weighted by Crippen LogP contribution is 2.42. The molecule has 0 fully saturated rings. The maximum absolute atomic E-state index is 7.03. The lowest BCUT2D eigenvalue weighted by Gasteiger charge is -2.51. The van der Waals surface area contributed by atoms with Gasteiger partial charge in [0.1, 0.15) is 5.75 Å². The van der Waals surface area contributed by atoms with Gasteiger partial charge in [-0.05, 0) is 51.5 Å². The summed E-state index contributed by atoms with van der Waals surface area (Å²) in [4.78, 5) is 0. The van der Waals surface area contributed by atoms with E-state index in [1.807, 2.05) is 0 Å². The van der Waals surface area contributed by atoms with Crippen molar-refractivity contribution in [3.63, 3.8) is 0 Å². The van der Waals surface area contributed by atoms with E-state index in [9.17, 15) is 0 Å². The third-order valence-electron chi connectivity index (χ3n) is 6.71. The summed E-state index contributed by atoms with van der Waals surface area (Å²) >= 11 is 0. The minimum absolute atomic E-state index is 0. The van der Waals surface area contributed by atoms with Crippen molar-refractivity contribution in [1.29, 1.82) is 0 Å². The molecular formula is C27H42ClNO. The summed E-state index contributed by atoms with van der Waals surface area (Å²) in [7, 11) is 0. The SMILES string of the molecule is CCCCCCCCC(Oc1ccccc1)(c1ccccc1)[N+](CC)(CC)CC.[Cl-]. The molecule has 0 bridgehead atoms. The number of benzene rings is 2. The zero-order valence-electron chi connectivity index (χ0n) is 19.6. The van der Waals surface area contributed by atoms with Crippen LogP contribution in [0.25, 0.3) is 0 Å². The van der Waals surface area contributed by atoms with Crippen molar-refractivity contribution in [3.05, 3.63) is 66.2 Å². The Kier molecular flexibility index (Phi) is 12.1. The molecule has 1 unspecified atom stereocenters. The topological polar surface area (TPSA) is 9.23 Å². The van der Waals surface area contributed by atoms with Crippen LogP contribution in [0.5, 0.6) is 5.75 Å². The quantitative estimate of drug-likeness (QED) is 0.242. The molecule has 2 aromatic carbocycles. The molecular weight excluding hydrogens is 390 g/mol. The average molecular weight is 432 g/mol. The normalized spacial score (nSPS) is 13.3. The first-order chi connectivity index (χ1) is 14.2. The minimum atomic E-state index is -0.356. The van der Waals surface area contributed by atoms with Gasteiger partial charge in [0, 0.05) is 6.42 Å². The molecule has 0 aliphatic carbocycles. The van der Waals surface area contributed by atoms with Crippen LogP contribution >= 0.6 is 0 Å². The molecule has 0 aromatic heterocycles. The monoisotopic (exact) mass is 431 g/mol. The standard InChI is InChI=1S/C27H42NO.ClH/c1-5-9-10-11-12-19-24-27(25-20-15-13-16-21-25,28(6-2,7-3)8-4)29-26-22-17-14-18-23-26;/h13-18,20-23H,5-12,19,24H2,1-4H3;1H/q+1;/p-1. The Labute approximate surface area is 191 Å². The largest absolute Gasteiger partial charge is 1.00 e. The fourth-order valence-corrected chi connectivity index (χ4v) is 4.83. The molecule has 168 valence electrons. The highest BCUT2D eigenvalue weighted by Gasteiger charge is 2.51. The van der Waals surface area contributed by atoms with Crippen LogP contribution in [0.4, 0.5) is 0 Å². The van der Waals surface area contributed by atoms with Crippen molar-refractivity contribution in [2.24, 2.45) is 0 Å². The van der Waals surface area contributed by atoms with E-state index in [0.717, 1.165) is 36.3 Å². The highest BCUT2D eigenvalue weighted by molar-refractivity contribution is 5.26. The predicted octanol–water partition coefficient (Wildman–Crippen LogP) is 4.55. The third-order valence-corrected chi connectivity index (χ3v) is 6.71. The highest BCUT2D eigenvalue weighted by atomic mass is 35.5. The predicted molar refractivity (Wildman–Crippen MR) is 125 cm³/mol. The van der Waals surface area contributed by atoms with Crippen molar-refractivity contribution in [2.45, 2.75) is 78.4 Å². The summed E-state index contributed by atoms with van der Waals surface area (Å²) in [6, 6.07) is 21.4. The van der Waals surface area contributed by atoms with Gasteiger partial charge in [0.05, 0.1) is 25.2 Å². The van der Waals surface area contributed by atoms with E-state index in [0.29, 0.717) is 0 Å². The summed E-state index contributed by atoms with van der Waals surface area (Å²) in [6.45, 7) is 12.4. The zero-order chi connectivity index (χ0) is 21.0. The summed E-state index contributed by atoms with van der Waals surface area (Å²) in [5.41, 5.74) is 0.953. The van der Waals surface area contributed by atoms with Crippen LogP contribution in [-0.4, -0.2) is 24.1 Å². The molecule has 2 rings (SSSR count). The molecule has 0 N–H and O–H groups in total. The average Bonchev–Trinajstić information content (AvgIpc) is 2.78. The van der Waals surface area contributed by atoms with Gasteiger partial charge in [0.25, 0.3) is 5.72 Å². The molecule has 0 saturated carbocycles. The number of hydrogen-bond donors (Lipinski definition) is 0. The summed E-state index contributed by atoms with van der Waals surface area (Å²) in [6.07, 6.45) is 8.86. The lowest BCUT2D eigenvalue weighted by Crippen LogP contribution is -3.00. The molecule has 0 aliphatic heterocycles. The number of ether oxygens (including phenoxy) is 1. The van der Waals surface area contributed by atoms with Crippen LogP contribution in [0.15, 0.2) is 60.7 Å². The van der Waals surface area contributed by atoms with Crippen LogP contribution in [0.3, 0.4) is 0 Å². The van der Waals surface area contributed by atoms with Gasteiger partial charge in [-0.2, -0.15) is 0 Å². The van der Waals surface area contributed by atoms with Gasteiger partial charge in [0.2, 0.25) is 0 Å². The van der Waals surface area contributed by atoms with Gasteiger partial charge in [-0.15, -0.1) is 0 Å². The van der Waals surface area contributed by atoms with Gasteiger partial charge >= 0.3 is 0 Å². The first-order valence-corrected chi connectivity index (χ1v) is 11.8. The minimum Gasteiger partial charge on any atom is -1.00 e. The fourth-order valence-electron chi connectivity index (χ4n) is 4.83. The Balaban J connectivity index is 0.00000450. The lowest BCUT2D eigenvalue weighted by molar-refractivity contribution is -1.00. The fraction of sp³-hybridized carbons (Fsp3) is 0.556. The molecule has 2 nitrogen and oxygen atoms in total. The first kappa shape index (κ1) is 26.5. The Morgan fingerprint density at radius 1 is 0.667 bits per heavy atom. The van der Waals surface area contributed by atoms with E-state index in [1.165, 1.54) is 44.1 Å². The van der Waals surface area contributed by atoms with Gasteiger partial charge in [0.15, 0.2) is 0 Å². The van der Waals surface area contributed by atoms with Crippen LogP contribution in [0, 0.1) is 0 Å². The Hall–Kier alpha value is -1.51. The molecule has 0 heterocycles. The second-order valence-electron chi connectivity index (χ2n) is 8.18. The van der Waals surface area contributed by atoms with Gasteiger partial charge < -0.3 is 17.1 Å². The van der Waals surface area contributed by atoms with E-state index >= 15 is 0 Å². The van der Waals surface area contributed by atoms with Crippen molar-refractivity contribution in [2.75, 3.05) is 19.6 Å². The Morgan fingerprint density at radius 3 is 1.70 bits per heavy atom. The lowest BCUT2D eigenvalue weighted by atomic mass is 9.90. The van der Waals surface area contributed by atoms with Crippen LogP contribution in [-0.2, 0) is 5.72 Å². The first-order valence-electron chi connectivity index (χ1n) is 11.8. The Morgan fingerprint density at radius 2 is 1.17 bits per heavy atom. The maximum Gasteiger partial charge on any atom is 0.269 e.